The molecular weight excluding hydrogens is 240 g/mol. The highest BCUT2D eigenvalue weighted by Crippen LogP contribution is 2.23. The average molecular weight is 264 g/mol. The third-order valence-corrected chi connectivity index (χ3v) is 3.89. The number of carbonyl (C=O) groups is 1. The highest BCUT2D eigenvalue weighted by atomic mass is 16.2. The lowest BCUT2D eigenvalue weighted by atomic mass is 9.96. The number of rotatable bonds is 3. The van der Waals surface area contributed by atoms with E-state index in [0.717, 1.165) is 31.8 Å². The molecule has 2 heterocycles. The summed E-state index contributed by atoms with van der Waals surface area (Å²) >= 11 is 0. The molecular formula is C14H24N4O. The van der Waals surface area contributed by atoms with Crippen molar-refractivity contribution in [3.8, 4) is 0 Å². The Balaban J connectivity index is 2.02. The number of anilines is 1. The van der Waals surface area contributed by atoms with Crippen LogP contribution in [0.4, 0.5) is 5.69 Å². The van der Waals surface area contributed by atoms with Crippen molar-refractivity contribution < 1.29 is 4.79 Å². The highest BCUT2D eigenvalue weighted by molar-refractivity contribution is 5.97. The Bertz CT molecular complexity index is 441. The number of nitrogens with zero attached hydrogens (tertiary/aromatic N) is 3. The standard InChI is InChI=1S/C14H24N4O/c1-3-5-11-6-4-8-18(9-7-11)14(19)13-12(15)10-17(2)16-13/h10-11H,3-9,15H2,1-2H3. The number of likely N-dealkylation sites (tertiary alicyclic amines) is 1. The maximum absolute atomic E-state index is 12.4. The molecule has 1 atom stereocenters. The van der Waals surface area contributed by atoms with Crippen molar-refractivity contribution in [1.29, 1.82) is 0 Å². The molecule has 2 rings (SSSR count). The van der Waals surface area contributed by atoms with E-state index in [2.05, 4.69) is 12.0 Å². The van der Waals surface area contributed by atoms with E-state index < -0.39 is 0 Å². The van der Waals surface area contributed by atoms with Crippen molar-refractivity contribution in [1.82, 2.24) is 14.7 Å². The fourth-order valence-electron chi connectivity index (χ4n) is 2.89. The predicted octanol–water partition coefficient (Wildman–Crippen LogP) is 2.04. The summed E-state index contributed by atoms with van der Waals surface area (Å²) in [7, 11) is 1.78. The van der Waals surface area contributed by atoms with E-state index in [-0.39, 0.29) is 5.91 Å². The van der Waals surface area contributed by atoms with Crippen LogP contribution < -0.4 is 5.73 Å². The van der Waals surface area contributed by atoms with Gasteiger partial charge in [0.05, 0.1) is 5.69 Å². The summed E-state index contributed by atoms with van der Waals surface area (Å²) in [6.07, 6.45) is 7.61. The van der Waals surface area contributed by atoms with Crippen LogP contribution in [-0.4, -0.2) is 33.7 Å². The van der Waals surface area contributed by atoms with Gasteiger partial charge in [-0.05, 0) is 25.2 Å². The van der Waals surface area contributed by atoms with Crippen molar-refractivity contribution in [2.24, 2.45) is 13.0 Å². The van der Waals surface area contributed by atoms with Gasteiger partial charge < -0.3 is 10.6 Å². The molecule has 1 saturated heterocycles. The fraction of sp³-hybridized carbons (Fsp3) is 0.714. The number of nitrogen functional groups attached to an aromatic ring is 1. The van der Waals surface area contributed by atoms with Gasteiger partial charge in [0, 0.05) is 26.3 Å². The van der Waals surface area contributed by atoms with Crippen LogP contribution in [0.15, 0.2) is 6.20 Å². The molecule has 0 bridgehead atoms. The minimum absolute atomic E-state index is 0.0183. The Morgan fingerprint density at radius 3 is 2.89 bits per heavy atom. The van der Waals surface area contributed by atoms with Crippen molar-refractivity contribution in [3.05, 3.63) is 11.9 Å². The molecule has 0 aromatic carbocycles. The van der Waals surface area contributed by atoms with Crippen LogP contribution in [0.1, 0.15) is 49.5 Å². The maximum Gasteiger partial charge on any atom is 0.276 e. The second kappa shape index (κ2) is 6.08. The first-order valence-corrected chi connectivity index (χ1v) is 7.20. The lowest BCUT2D eigenvalue weighted by Gasteiger charge is -2.19. The molecule has 0 saturated carbocycles. The van der Waals surface area contributed by atoms with E-state index in [1.54, 1.807) is 17.9 Å². The first kappa shape index (κ1) is 13.9. The molecule has 1 aliphatic rings. The first-order valence-electron chi connectivity index (χ1n) is 7.20. The molecule has 106 valence electrons. The molecule has 0 spiro atoms. The molecule has 1 aliphatic heterocycles. The molecule has 2 N–H and O–H groups in total. The summed E-state index contributed by atoms with van der Waals surface area (Å²) in [5.74, 6) is 0.749. The van der Waals surface area contributed by atoms with Gasteiger partial charge in [-0.2, -0.15) is 5.10 Å². The number of hydrogen-bond acceptors (Lipinski definition) is 3. The Hall–Kier alpha value is -1.52. The highest BCUT2D eigenvalue weighted by Gasteiger charge is 2.24. The van der Waals surface area contributed by atoms with Gasteiger partial charge in [-0.15, -0.1) is 0 Å². The van der Waals surface area contributed by atoms with Gasteiger partial charge >= 0.3 is 0 Å². The zero-order valence-electron chi connectivity index (χ0n) is 11.9. The van der Waals surface area contributed by atoms with E-state index in [1.165, 1.54) is 19.3 Å². The topological polar surface area (TPSA) is 64.2 Å². The summed E-state index contributed by atoms with van der Waals surface area (Å²) in [6.45, 7) is 3.89. The van der Waals surface area contributed by atoms with Gasteiger partial charge in [-0.1, -0.05) is 19.8 Å². The second-order valence-electron chi connectivity index (χ2n) is 5.48. The smallest absolute Gasteiger partial charge is 0.276 e. The third-order valence-electron chi connectivity index (χ3n) is 3.89. The number of amides is 1. The van der Waals surface area contributed by atoms with Crippen LogP contribution in [-0.2, 0) is 7.05 Å². The lowest BCUT2D eigenvalue weighted by molar-refractivity contribution is 0.0754. The van der Waals surface area contributed by atoms with Crippen LogP contribution in [0.25, 0.3) is 0 Å². The SMILES string of the molecule is CCCC1CCCN(C(=O)c2nn(C)cc2N)CC1. The third kappa shape index (κ3) is 3.28. The summed E-state index contributed by atoms with van der Waals surface area (Å²) in [6, 6.07) is 0. The largest absolute Gasteiger partial charge is 0.396 e. The molecule has 0 radical (unpaired) electrons. The molecule has 1 unspecified atom stereocenters. The zero-order valence-corrected chi connectivity index (χ0v) is 11.9. The summed E-state index contributed by atoms with van der Waals surface area (Å²) in [5.41, 5.74) is 6.71. The van der Waals surface area contributed by atoms with Crippen molar-refractivity contribution in [2.45, 2.75) is 39.0 Å². The van der Waals surface area contributed by atoms with Gasteiger partial charge in [-0.25, -0.2) is 0 Å². The van der Waals surface area contributed by atoms with Crippen LogP contribution in [0, 0.1) is 5.92 Å². The van der Waals surface area contributed by atoms with Crippen LogP contribution >= 0.6 is 0 Å². The summed E-state index contributed by atoms with van der Waals surface area (Å²) < 4.78 is 1.60. The van der Waals surface area contributed by atoms with Gasteiger partial charge in [-0.3, -0.25) is 9.48 Å². The molecule has 19 heavy (non-hydrogen) atoms. The van der Waals surface area contributed by atoms with Gasteiger partial charge in [0.2, 0.25) is 0 Å². The molecule has 0 aliphatic carbocycles. The van der Waals surface area contributed by atoms with Crippen molar-refractivity contribution >= 4 is 11.6 Å². The maximum atomic E-state index is 12.4. The van der Waals surface area contributed by atoms with Crippen LogP contribution in [0.5, 0.6) is 0 Å². The van der Waals surface area contributed by atoms with E-state index in [4.69, 9.17) is 5.73 Å². The monoisotopic (exact) mass is 264 g/mol. The fourth-order valence-corrected chi connectivity index (χ4v) is 2.89. The minimum atomic E-state index is -0.0183. The number of hydrogen-bond donors (Lipinski definition) is 1. The van der Waals surface area contributed by atoms with E-state index >= 15 is 0 Å². The van der Waals surface area contributed by atoms with Gasteiger partial charge in [0.1, 0.15) is 0 Å². The average Bonchev–Trinajstić information content (AvgIpc) is 2.59. The van der Waals surface area contributed by atoms with Crippen LogP contribution in [0.3, 0.4) is 0 Å². The normalized spacial score (nSPS) is 20.3. The Labute approximate surface area is 114 Å². The number of nitrogens with two attached hydrogens (primary N) is 1. The first-order chi connectivity index (χ1) is 9.11. The Morgan fingerprint density at radius 2 is 2.26 bits per heavy atom. The Morgan fingerprint density at radius 1 is 1.47 bits per heavy atom. The summed E-state index contributed by atoms with van der Waals surface area (Å²) in [4.78, 5) is 14.3. The second-order valence-corrected chi connectivity index (χ2v) is 5.48. The van der Waals surface area contributed by atoms with Crippen molar-refractivity contribution in [2.75, 3.05) is 18.8 Å². The van der Waals surface area contributed by atoms with E-state index in [9.17, 15) is 4.79 Å². The molecule has 1 fully saturated rings. The molecule has 1 aromatic heterocycles. The molecule has 5 nitrogen and oxygen atoms in total. The van der Waals surface area contributed by atoms with Gasteiger partial charge in [0.25, 0.3) is 5.91 Å². The van der Waals surface area contributed by atoms with Crippen LogP contribution in [0.2, 0.25) is 0 Å². The number of carbonyl (C=O) groups excluding carboxylic acids is 1. The lowest BCUT2D eigenvalue weighted by Crippen LogP contribution is -2.32. The molecule has 5 heteroatoms. The van der Waals surface area contributed by atoms with Crippen molar-refractivity contribution in [3.63, 3.8) is 0 Å². The number of aromatic nitrogens is 2. The minimum Gasteiger partial charge on any atom is -0.396 e. The predicted molar refractivity (Wildman–Crippen MR) is 75.8 cm³/mol. The molecule has 1 amide bonds. The quantitative estimate of drug-likeness (QED) is 0.908. The zero-order chi connectivity index (χ0) is 13.8. The van der Waals surface area contributed by atoms with E-state index in [1.807, 2.05) is 4.90 Å². The summed E-state index contributed by atoms with van der Waals surface area (Å²) in [5, 5.41) is 4.17. The molecule has 1 aromatic rings. The van der Waals surface area contributed by atoms with E-state index in [0.29, 0.717) is 11.4 Å². The number of aryl methyl sites for hydroxylation is 1. The van der Waals surface area contributed by atoms with Gasteiger partial charge in [0.15, 0.2) is 5.69 Å². The Kier molecular flexibility index (Phi) is 4.45.